The van der Waals surface area contributed by atoms with Gasteiger partial charge in [-0.3, -0.25) is 15.0 Å². The van der Waals surface area contributed by atoms with Crippen LogP contribution in [0, 0.1) is 6.92 Å². The molecular formula is C25H32N8O5S2. The molecule has 3 N–H and O–H groups in total. The van der Waals surface area contributed by atoms with Gasteiger partial charge >= 0.3 is 6.09 Å². The number of thiazole rings is 1. The van der Waals surface area contributed by atoms with Gasteiger partial charge in [0.2, 0.25) is 0 Å². The molecule has 0 radical (unpaired) electrons. The summed E-state index contributed by atoms with van der Waals surface area (Å²) in [5, 5.41) is 15.3. The van der Waals surface area contributed by atoms with Crippen molar-refractivity contribution in [2.24, 2.45) is 0 Å². The summed E-state index contributed by atoms with van der Waals surface area (Å²) in [6.07, 6.45) is 2.22. The highest BCUT2D eigenvalue weighted by Gasteiger charge is 2.32. The maximum atomic E-state index is 13.2. The van der Waals surface area contributed by atoms with E-state index in [4.69, 9.17) is 5.11 Å². The third kappa shape index (κ3) is 5.87. The van der Waals surface area contributed by atoms with Crippen molar-refractivity contribution in [1.29, 1.82) is 0 Å². The molecule has 0 aliphatic carbocycles. The molecule has 5 rings (SSSR count). The molecule has 2 aliphatic heterocycles. The molecule has 2 fully saturated rings. The van der Waals surface area contributed by atoms with Crippen molar-refractivity contribution in [3.8, 4) is 0 Å². The Morgan fingerprint density at radius 3 is 2.52 bits per heavy atom. The van der Waals surface area contributed by atoms with E-state index in [9.17, 15) is 18.0 Å². The molecule has 1 atom stereocenters. The van der Waals surface area contributed by atoms with Crippen LogP contribution in [0.3, 0.4) is 0 Å². The maximum Gasteiger partial charge on any atom is 0.410 e. The molecular weight excluding hydrogens is 556 g/mol. The minimum Gasteiger partial charge on any atom is -0.465 e. The van der Waals surface area contributed by atoms with Crippen LogP contribution in [0.2, 0.25) is 0 Å². The number of rotatable bonds is 8. The normalized spacial score (nSPS) is 17.7. The molecule has 4 heterocycles. The van der Waals surface area contributed by atoms with Gasteiger partial charge in [0.25, 0.3) is 15.9 Å². The minimum atomic E-state index is -3.78. The lowest BCUT2D eigenvalue weighted by atomic mass is 10.1. The summed E-state index contributed by atoms with van der Waals surface area (Å²) in [6, 6.07) is 5.57. The average Bonchev–Trinajstić information content (AvgIpc) is 3.58. The number of carbonyl (C=O) groups is 2. The number of amides is 2. The Labute approximate surface area is 236 Å². The molecule has 0 saturated carbocycles. The van der Waals surface area contributed by atoms with Gasteiger partial charge in [-0.05, 0) is 38.8 Å². The standard InChI is InChI=1S/C25H32N8O5S2/c1-16(28-21-18-6-5-7-19(20(18)26-15-27-21)22(34)32-8-3-4-9-32)14-31-10-12-33(13-11-31)40(37,38)23-17(2)29-24(39-23)30-25(35)36/h5-7,15-16H,3-4,8-14H2,1-2H3,(H,29,30)(H,35,36)(H,26,27,28). The molecule has 0 bridgehead atoms. The summed E-state index contributed by atoms with van der Waals surface area (Å²) >= 11 is 0.820. The first kappa shape index (κ1) is 28.1. The monoisotopic (exact) mass is 588 g/mol. The Bertz CT molecular complexity index is 1510. The number of nitrogens with zero attached hydrogens (tertiary/aromatic N) is 6. The van der Waals surface area contributed by atoms with Gasteiger partial charge in [-0.1, -0.05) is 17.4 Å². The third-order valence-corrected chi connectivity index (χ3v) is 10.6. The van der Waals surface area contributed by atoms with Crippen LogP contribution < -0.4 is 10.6 Å². The van der Waals surface area contributed by atoms with Crippen LogP contribution in [0.15, 0.2) is 28.7 Å². The molecule has 15 heteroatoms. The number of nitrogens with one attached hydrogen (secondary N) is 2. The summed E-state index contributed by atoms with van der Waals surface area (Å²) in [5.41, 5.74) is 1.48. The summed E-state index contributed by atoms with van der Waals surface area (Å²) in [5.74, 6) is 0.651. The van der Waals surface area contributed by atoms with E-state index in [2.05, 4.69) is 30.5 Å². The third-order valence-electron chi connectivity index (χ3n) is 7.08. The van der Waals surface area contributed by atoms with Crippen LogP contribution in [0.4, 0.5) is 15.7 Å². The van der Waals surface area contributed by atoms with Gasteiger partial charge in [0, 0.05) is 57.2 Å². The van der Waals surface area contributed by atoms with E-state index >= 15 is 0 Å². The van der Waals surface area contributed by atoms with Gasteiger partial charge in [0.1, 0.15) is 12.1 Å². The Morgan fingerprint density at radius 2 is 1.82 bits per heavy atom. The van der Waals surface area contributed by atoms with E-state index in [0.717, 1.165) is 42.7 Å². The van der Waals surface area contributed by atoms with Gasteiger partial charge in [0.15, 0.2) is 9.34 Å². The maximum absolute atomic E-state index is 13.2. The second-order valence-electron chi connectivity index (χ2n) is 10.00. The van der Waals surface area contributed by atoms with Crippen molar-refractivity contribution < 1.29 is 23.1 Å². The quantitative estimate of drug-likeness (QED) is 0.357. The molecule has 40 heavy (non-hydrogen) atoms. The van der Waals surface area contributed by atoms with Crippen LogP contribution in [-0.4, -0.2) is 106 Å². The molecule has 1 aromatic carbocycles. The number of aryl methyl sites for hydroxylation is 1. The number of hydrogen-bond acceptors (Lipinski definition) is 10. The average molecular weight is 589 g/mol. The van der Waals surface area contributed by atoms with E-state index in [1.165, 1.54) is 10.6 Å². The summed E-state index contributed by atoms with van der Waals surface area (Å²) < 4.78 is 27.9. The Kier molecular flexibility index (Phi) is 8.16. The van der Waals surface area contributed by atoms with E-state index in [-0.39, 0.29) is 27.0 Å². The van der Waals surface area contributed by atoms with Crippen LogP contribution in [0.5, 0.6) is 0 Å². The molecule has 13 nitrogen and oxygen atoms in total. The number of piperazine rings is 1. The molecule has 0 spiro atoms. The number of likely N-dealkylation sites (tertiary alicyclic amines) is 1. The number of hydrogen-bond donors (Lipinski definition) is 3. The molecule has 2 amide bonds. The number of carbonyl (C=O) groups excluding carboxylic acids is 1. The smallest absolute Gasteiger partial charge is 0.410 e. The number of sulfonamides is 1. The van der Waals surface area contributed by atoms with Crippen molar-refractivity contribution in [2.45, 2.75) is 36.9 Å². The fraction of sp³-hybridized carbons (Fsp3) is 0.480. The second kappa shape index (κ2) is 11.6. The summed E-state index contributed by atoms with van der Waals surface area (Å²) in [7, 11) is -3.78. The van der Waals surface area contributed by atoms with Gasteiger partial charge in [-0.2, -0.15) is 4.31 Å². The van der Waals surface area contributed by atoms with Crippen molar-refractivity contribution in [1.82, 2.24) is 29.1 Å². The predicted octanol–water partition coefficient (Wildman–Crippen LogP) is 2.53. The van der Waals surface area contributed by atoms with Crippen molar-refractivity contribution in [2.75, 3.05) is 56.4 Å². The van der Waals surface area contributed by atoms with Crippen LogP contribution >= 0.6 is 11.3 Å². The van der Waals surface area contributed by atoms with E-state index in [1.807, 2.05) is 30.0 Å². The van der Waals surface area contributed by atoms with Gasteiger partial charge < -0.3 is 15.3 Å². The fourth-order valence-corrected chi connectivity index (χ4v) is 8.13. The van der Waals surface area contributed by atoms with E-state index < -0.39 is 16.1 Å². The van der Waals surface area contributed by atoms with Crippen LogP contribution in [0.1, 0.15) is 35.8 Å². The number of fused-ring (bicyclic) bond motifs is 1. The number of anilines is 2. The molecule has 3 aromatic rings. The largest absolute Gasteiger partial charge is 0.465 e. The molecule has 1 unspecified atom stereocenters. The van der Waals surface area contributed by atoms with Crippen molar-refractivity contribution >= 4 is 55.2 Å². The van der Waals surface area contributed by atoms with Gasteiger partial charge in [0.05, 0.1) is 16.8 Å². The van der Waals surface area contributed by atoms with Crippen molar-refractivity contribution in [3.05, 3.63) is 35.8 Å². The van der Waals surface area contributed by atoms with Crippen molar-refractivity contribution in [3.63, 3.8) is 0 Å². The predicted molar refractivity (Wildman–Crippen MR) is 151 cm³/mol. The summed E-state index contributed by atoms with van der Waals surface area (Å²) in [4.78, 5) is 40.9. The number of aromatic nitrogens is 3. The SMILES string of the molecule is Cc1nc(NC(=O)O)sc1S(=O)(=O)N1CCN(CC(C)Nc2ncnc3c(C(=O)N4CCCC4)cccc23)CC1. The fourth-order valence-electron chi connectivity index (χ4n) is 5.17. The first-order valence-electron chi connectivity index (χ1n) is 13.1. The molecule has 214 valence electrons. The Morgan fingerprint density at radius 1 is 1.10 bits per heavy atom. The lowest BCUT2D eigenvalue weighted by molar-refractivity contribution is 0.0794. The van der Waals surface area contributed by atoms with E-state index in [1.54, 1.807) is 6.92 Å². The lowest BCUT2D eigenvalue weighted by Gasteiger charge is -2.35. The number of para-hydroxylation sites is 1. The summed E-state index contributed by atoms with van der Waals surface area (Å²) in [6.45, 7) is 7.51. The first-order chi connectivity index (χ1) is 19.1. The van der Waals surface area contributed by atoms with Gasteiger partial charge in [-0.25, -0.2) is 28.2 Å². The highest BCUT2D eigenvalue weighted by molar-refractivity contribution is 7.91. The topological polar surface area (TPSA) is 161 Å². The first-order valence-corrected chi connectivity index (χ1v) is 15.4. The molecule has 2 saturated heterocycles. The highest BCUT2D eigenvalue weighted by atomic mass is 32.2. The molecule has 2 aromatic heterocycles. The van der Waals surface area contributed by atoms with Crippen LogP contribution in [-0.2, 0) is 10.0 Å². The zero-order valence-electron chi connectivity index (χ0n) is 22.3. The Balaban J connectivity index is 1.21. The zero-order valence-corrected chi connectivity index (χ0v) is 24.0. The Hall–Kier alpha value is -3.40. The number of carboxylic acid groups (broad SMARTS) is 1. The van der Waals surface area contributed by atoms with E-state index in [0.29, 0.717) is 49.6 Å². The molecule has 2 aliphatic rings. The lowest BCUT2D eigenvalue weighted by Crippen LogP contribution is -2.50. The van der Waals surface area contributed by atoms with Gasteiger partial charge in [-0.15, -0.1) is 0 Å². The second-order valence-corrected chi connectivity index (χ2v) is 13.1. The zero-order chi connectivity index (χ0) is 28.4. The van der Waals surface area contributed by atoms with Crippen LogP contribution in [0.25, 0.3) is 10.9 Å². The highest BCUT2D eigenvalue weighted by Crippen LogP contribution is 2.30. The number of benzene rings is 1. The minimum absolute atomic E-state index is 0.00322.